The lowest BCUT2D eigenvalue weighted by Gasteiger charge is -2.19. The van der Waals surface area contributed by atoms with Gasteiger partial charge in [-0.15, -0.1) is 0 Å². The van der Waals surface area contributed by atoms with Crippen LogP contribution in [0.1, 0.15) is 32.6 Å². The molecule has 0 aromatic heterocycles. The Bertz CT molecular complexity index is 162. The summed E-state index contributed by atoms with van der Waals surface area (Å²) >= 11 is 0. The zero-order valence-corrected chi connectivity index (χ0v) is 9.87. The van der Waals surface area contributed by atoms with Crippen LogP contribution in [-0.4, -0.2) is 49.3 Å². The normalized spacial score (nSPS) is 10.7. The van der Waals surface area contributed by atoms with Gasteiger partial charge in [0.15, 0.2) is 0 Å². The first-order chi connectivity index (χ1) is 7.24. The SMILES string of the molecule is CCCN(CCCCCO)CC(=O)OC. The minimum Gasteiger partial charge on any atom is -0.468 e. The minimum absolute atomic E-state index is 0.175. The van der Waals surface area contributed by atoms with Crippen molar-refractivity contribution in [3.05, 3.63) is 0 Å². The second-order valence-electron chi connectivity index (χ2n) is 3.64. The van der Waals surface area contributed by atoms with E-state index in [1.165, 1.54) is 7.11 Å². The molecule has 0 spiro atoms. The minimum atomic E-state index is -0.175. The lowest BCUT2D eigenvalue weighted by Crippen LogP contribution is -2.32. The molecule has 0 unspecified atom stereocenters. The van der Waals surface area contributed by atoms with E-state index >= 15 is 0 Å². The van der Waals surface area contributed by atoms with Crippen LogP contribution < -0.4 is 0 Å². The van der Waals surface area contributed by atoms with Crippen LogP contribution in [0.15, 0.2) is 0 Å². The third-order valence-electron chi connectivity index (χ3n) is 2.25. The first-order valence-electron chi connectivity index (χ1n) is 5.64. The number of aliphatic hydroxyl groups excluding tert-OH is 1. The van der Waals surface area contributed by atoms with Gasteiger partial charge < -0.3 is 9.84 Å². The predicted molar refractivity (Wildman–Crippen MR) is 59.7 cm³/mol. The smallest absolute Gasteiger partial charge is 0.319 e. The Morgan fingerprint density at radius 2 is 2.00 bits per heavy atom. The number of ether oxygens (including phenoxy) is 1. The number of esters is 1. The van der Waals surface area contributed by atoms with Crippen molar-refractivity contribution < 1.29 is 14.6 Å². The number of methoxy groups -OCH3 is 1. The molecule has 0 amide bonds. The number of unbranched alkanes of at least 4 members (excludes halogenated alkanes) is 2. The van der Waals surface area contributed by atoms with Crippen molar-refractivity contribution in [2.75, 3.05) is 33.4 Å². The Morgan fingerprint density at radius 3 is 2.53 bits per heavy atom. The van der Waals surface area contributed by atoms with Crippen molar-refractivity contribution in [2.45, 2.75) is 32.6 Å². The average molecular weight is 217 g/mol. The molecule has 0 aliphatic rings. The fraction of sp³-hybridized carbons (Fsp3) is 0.909. The molecule has 0 fully saturated rings. The Balaban J connectivity index is 3.67. The lowest BCUT2D eigenvalue weighted by molar-refractivity contribution is -0.141. The number of carbonyl (C=O) groups is 1. The maximum Gasteiger partial charge on any atom is 0.319 e. The Labute approximate surface area is 92.2 Å². The molecular formula is C11H23NO3. The standard InChI is InChI=1S/C11H23NO3/c1-3-7-12(10-11(14)15-2)8-5-4-6-9-13/h13H,3-10H2,1-2H3. The highest BCUT2D eigenvalue weighted by Crippen LogP contribution is 2.00. The topological polar surface area (TPSA) is 49.8 Å². The van der Waals surface area contributed by atoms with Crippen molar-refractivity contribution in [3.63, 3.8) is 0 Å². The second-order valence-corrected chi connectivity index (χ2v) is 3.64. The molecule has 0 bridgehead atoms. The van der Waals surface area contributed by atoms with Crippen molar-refractivity contribution in [3.8, 4) is 0 Å². The van der Waals surface area contributed by atoms with E-state index < -0.39 is 0 Å². The van der Waals surface area contributed by atoms with Crippen LogP contribution >= 0.6 is 0 Å². The first-order valence-corrected chi connectivity index (χ1v) is 5.64. The number of nitrogens with zero attached hydrogens (tertiary/aromatic N) is 1. The zero-order chi connectivity index (χ0) is 11.5. The molecule has 1 N–H and O–H groups in total. The third kappa shape index (κ3) is 8.39. The van der Waals surface area contributed by atoms with Gasteiger partial charge in [-0.1, -0.05) is 6.92 Å². The summed E-state index contributed by atoms with van der Waals surface area (Å²) in [6.45, 7) is 4.56. The molecule has 90 valence electrons. The molecule has 0 aromatic carbocycles. The Hall–Kier alpha value is -0.610. The molecule has 0 rings (SSSR count). The van der Waals surface area contributed by atoms with Crippen molar-refractivity contribution in [2.24, 2.45) is 0 Å². The molecule has 4 heteroatoms. The summed E-state index contributed by atoms with van der Waals surface area (Å²) in [5, 5.41) is 8.63. The summed E-state index contributed by atoms with van der Waals surface area (Å²) in [7, 11) is 1.41. The number of hydrogen-bond donors (Lipinski definition) is 1. The van der Waals surface area contributed by atoms with Crippen LogP contribution in [0.2, 0.25) is 0 Å². The highest BCUT2D eigenvalue weighted by Gasteiger charge is 2.09. The third-order valence-corrected chi connectivity index (χ3v) is 2.25. The van der Waals surface area contributed by atoms with E-state index in [4.69, 9.17) is 5.11 Å². The van der Waals surface area contributed by atoms with E-state index in [0.29, 0.717) is 6.54 Å². The van der Waals surface area contributed by atoms with E-state index in [9.17, 15) is 4.79 Å². The molecular weight excluding hydrogens is 194 g/mol. The zero-order valence-electron chi connectivity index (χ0n) is 9.87. The van der Waals surface area contributed by atoms with Crippen LogP contribution in [-0.2, 0) is 9.53 Å². The molecule has 4 nitrogen and oxygen atoms in total. The molecule has 0 aliphatic carbocycles. The largest absolute Gasteiger partial charge is 0.468 e. The van der Waals surface area contributed by atoms with Crippen LogP contribution in [0, 0.1) is 0 Å². The van der Waals surface area contributed by atoms with Crippen molar-refractivity contribution >= 4 is 5.97 Å². The van der Waals surface area contributed by atoms with E-state index in [1.54, 1.807) is 0 Å². The van der Waals surface area contributed by atoms with E-state index in [0.717, 1.165) is 38.8 Å². The molecule has 0 saturated carbocycles. The van der Waals surface area contributed by atoms with Crippen LogP contribution in [0.3, 0.4) is 0 Å². The molecule has 0 atom stereocenters. The monoisotopic (exact) mass is 217 g/mol. The van der Waals surface area contributed by atoms with E-state index in [2.05, 4.69) is 16.6 Å². The first kappa shape index (κ1) is 14.4. The van der Waals surface area contributed by atoms with Crippen LogP contribution in [0.4, 0.5) is 0 Å². The van der Waals surface area contributed by atoms with Crippen molar-refractivity contribution in [1.29, 1.82) is 0 Å². The molecule has 0 aliphatic heterocycles. The van der Waals surface area contributed by atoms with E-state index in [1.807, 2.05) is 0 Å². The molecule has 15 heavy (non-hydrogen) atoms. The summed E-state index contributed by atoms with van der Waals surface area (Å²) in [6.07, 6.45) is 3.92. The number of rotatable bonds is 9. The molecule has 0 heterocycles. The summed E-state index contributed by atoms with van der Waals surface area (Å²) in [4.78, 5) is 13.2. The predicted octanol–water partition coefficient (Wildman–Crippen LogP) is 1.03. The van der Waals surface area contributed by atoms with Gasteiger partial charge in [0.05, 0.1) is 13.7 Å². The highest BCUT2D eigenvalue weighted by atomic mass is 16.5. The van der Waals surface area contributed by atoms with Gasteiger partial charge in [0.25, 0.3) is 0 Å². The maximum atomic E-state index is 11.1. The Morgan fingerprint density at radius 1 is 1.27 bits per heavy atom. The number of carbonyl (C=O) groups excluding carboxylic acids is 1. The summed E-state index contributed by atoms with van der Waals surface area (Å²) in [5.41, 5.74) is 0. The quantitative estimate of drug-likeness (QED) is 0.463. The maximum absolute atomic E-state index is 11.1. The summed E-state index contributed by atoms with van der Waals surface area (Å²) in [6, 6.07) is 0. The average Bonchev–Trinajstić information content (AvgIpc) is 2.24. The van der Waals surface area contributed by atoms with Crippen LogP contribution in [0.25, 0.3) is 0 Å². The van der Waals surface area contributed by atoms with Gasteiger partial charge in [-0.05, 0) is 38.8 Å². The van der Waals surface area contributed by atoms with Crippen molar-refractivity contribution in [1.82, 2.24) is 4.90 Å². The van der Waals surface area contributed by atoms with Gasteiger partial charge in [0, 0.05) is 6.61 Å². The van der Waals surface area contributed by atoms with Gasteiger partial charge in [-0.2, -0.15) is 0 Å². The van der Waals surface area contributed by atoms with Gasteiger partial charge in [0.1, 0.15) is 0 Å². The lowest BCUT2D eigenvalue weighted by atomic mass is 10.2. The fourth-order valence-electron chi connectivity index (χ4n) is 1.46. The second kappa shape index (κ2) is 9.93. The van der Waals surface area contributed by atoms with Gasteiger partial charge >= 0.3 is 5.97 Å². The number of hydrogen-bond acceptors (Lipinski definition) is 4. The van der Waals surface area contributed by atoms with Gasteiger partial charge in [-0.25, -0.2) is 0 Å². The number of aliphatic hydroxyl groups is 1. The van der Waals surface area contributed by atoms with Crippen LogP contribution in [0.5, 0.6) is 0 Å². The molecule has 0 saturated heterocycles. The highest BCUT2D eigenvalue weighted by molar-refractivity contribution is 5.71. The summed E-state index contributed by atoms with van der Waals surface area (Å²) < 4.78 is 4.63. The summed E-state index contributed by atoms with van der Waals surface area (Å²) in [5.74, 6) is -0.175. The molecule has 0 aromatic rings. The van der Waals surface area contributed by atoms with E-state index in [-0.39, 0.29) is 12.6 Å². The van der Waals surface area contributed by atoms with Gasteiger partial charge in [-0.3, -0.25) is 9.69 Å². The van der Waals surface area contributed by atoms with Gasteiger partial charge in [0.2, 0.25) is 0 Å². The Kier molecular flexibility index (Phi) is 9.52. The fourth-order valence-corrected chi connectivity index (χ4v) is 1.46. The molecule has 0 radical (unpaired) electrons.